The Morgan fingerprint density at radius 2 is 1.51 bits per heavy atom. The summed E-state index contributed by atoms with van der Waals surface area (Å²) in [7, 11) is 0. The summed E-state index contributed by atoms with van der Waals surface area (Å²) in [4.78, 5) is 44.0. The van der Waals surface area contributed by atoms with Crippen LogP contribution in [-0.4, -0.2) is 59.1 Å². The molecule has 2 heterocycles. The lowest BCUT2D eigenvalue weighted by molar-refractivity contribution is -0.185. The van der Waals surface area contributed by atoms with Crippen LogP contribution in [0.15, 0.2) is 78.9 Å². The predicted octanol–water partition coefficient (Wildman–Crippen LogP) is 5.16. The number of carbonyl (C=O) groups is 3. The van der Waals surface area contributed by atoms with Crippen LogP contribution in [0.25, 0.3) is 11.1 Å². The standard InChI is InChI=1S/C32H32N2O5/c1-19(2)28-30(35)34-27(21-11-5-4-6-12-21)18-38-31(36)29(34)20(3)33(28)32(37)39-17-26-24-15-9-7-13-22(24)23-14-8-10-16-25(23)26/h4-16,19-20,26-29H,17-18H2,1-3H3/t20?,27-,28-,29-/m0/s1. The highest BCUT2D eigenvalue weighted by Crippen LogP contribution is 2.45. The van der Waals surface area contributed by atoms with Gasteiger partial charge in [-0.05, 0) is 40.7 Å². The van der Waals surface area contributed by atoms with Crippen LogP contribution < -0.4 is 0 Å². The molecule has 2 aliphatic heterocycles. The van der Waals surface area contributed by atoms with E-state index in [0.29, 0.717) is 0 Å². The Morgan fingerprint density at radius 3 is 2.13 bits per heavy atom. The van der Waals surface area contributed by atoms with E-state index in [4.69, 9.17) is 9.47 Å². The van der Waals surface area contributed by atoms with Crippen molar-refractivity contribution in [3.63, 3.8) is 0 Å². The highest BCUT2D eigenvalue weighted by molar-refractivity contribution is 5.94. The van der Waals surface area contributed by atoms with Crippen molar-refractivity contribution in [1.82, 2.24) is 9.80 Å². The molecule has 6 rings (SSSR count). The second-order valence-electron chi connectivity index (χ2n) is 10.9. The SMILES string of the molecule is CC(C)[C@H]1C(=O)N2[C@H](C(=O)OC[C@H]2c2ccccc2)C(C)N1C(=O)OCC1c2ccccc2-c2ccccc21. The highest BCUT2D eigenvalue weighted by atomic mass is 16.6. The second kappa shape index (κ2) is 9.88. The van der Waals surface area contributed by atoms with E-state index in [1.165, 1.54) is 4.90 Å². The minimum atomic E-state index is -0.910. The fourth-order valence-corrected chi connectivity index (χ4v) is 6.52. The molecular weight excluding hydrogens is 492 g/mol. The molecule has 0 N–H and O–H groups in total. The van der Waals surface area contributed by atoms with E-state index in [0.717, 1.165) is 27.8 Å². The van der Waals surface area contributed by atoms with Crippen LogP contribution in [0.5, 0.6) is 0 Å². The van der Waals surface area contributed by atoms with Crippen LogP contribution >= 0.6 is 0 Å². The van der Waals surface area contributed by atoms with Gasteiger partial charge in [0.25, 0.3) is 0 Å². The van der Waals surface area contributed by atoms with Gasteiger partial charge in [-0.15, -0.1) is 0 Å². The van der Waals surface area contributed by atoms with Gasteiger partial charge >= 0.3 is 12.1 Å². The molecule has 4 atom stereocenters. The van der Waals surface area contributed by atoms with Crippen molar-refractivity contribution in [3.05, 3.63) is 95.6 Å². The molecule has 2 amide bonds. The first-order chi connectivity index (χ1) is 18.9. The van der Waals surface area contributed by atoms with Gasteiger partial charge in [-0.1, -0.05) is 92.7 Å². The summed E-state index contributed by atoms with van der Waals surface area (Å²) >= 11 is 0. The van der Waals surface area contributed by atoms with Gasteiger partial charge in [0.15, 0.2) is 6.04 Å². The maximum atomic E-state index is 14.0. The Kier molecular flexibility index (Phi) is 6.37. The molecule has 0 spiro atoms. The molecule has 200 valence electrons. The van der Waals surface area contributed by atoms with Crippen LogP contribution in [0.4, 0.5) is 4.79 Å². The lowest BCUT2D eigenvalue weighted by atomic mass is 9.88. The van der Waals surface area contributed by atoms with E-state index in [2.05, 4.69) is 24.3 Å². The molecule has 3 aromatic carbocycles. The molecular formula is C32H32N2O5. The van der Waals surface area contributed by atoms with E-state index in [1.54, 1.807) is 11.8 Å². The van der Waals surface area contributed by atoms with Crippen molar-refractivity contribution >= 4 is 18.0 Å². The van der Waals surface area contributed by atoms with E-state index < -0.39 is 36.2 Å². The number of fused-ring (bicyclic) bond motifs is 4. The summed E-state index contributed by atoms with van der Waals surface area (Å²) in [5.41, 5.74) is 5.41. The molecule has 7 nitrogen and oxygen atoms in total. The number of benzene rings is 3. The van der Waals surface area contributed by atoms with Gasteiger partial charge in [-0.25, -0.2) is 9.59 Å². The minimum absolute atomic E-state index is 0.0908. The third-order valence-corrected chi connectivity index (χ3v) is 8.33. The van der Waals surface area contributed by atoms with Crippen LogP contribution in [0.3, 0.4) is 0 Å². The first kappa shape index (κ1) is 25.2. The zero-order chi connectivity index (χ0) is 27.3. The summed E-state index contributed by atoms with van der Waals surface area (Å²) in [6.45, 7) is 5.86. The van der Waals surface area contributed by atoms with Crippen LogP contribution in [0.2, 0.25) is 0 Å². The van der Waals surface area contributed by atoms with Crippen LogP contribution in [0, 0.1) is 5.92 Å². The van der Waals surface area contributed by atoms with Crippen molar-refractivity contribution in [2.75, 3.05) is 13.2 Å². The molecule has 0 bridgehead atoms. The molecule has 3 aliphatic rings. The number of hydrogen-bond donors (Lipinski definition) is 0. The summed E-state index contributed by atoms with van der Waals surface area (Å²) in [5.74, 6) is -1.04. The molecule has 0 radical (unpaired) electrons. The highest BCUT2D eigenvalue weighted by Gasteiger charge is 2.56. The fraction of sp³-hybridized carbons (Fsp3) is 0.344. The van der Waals surface area contributed by atoms with E-state index in [-0.39, 0.29) is 31.0 Å². The van der Waals surface area contributed by atoms with E-state index in [9.17, 15) is 14.4 Å². The largest absolute Gasteiger partial charge is 0.462 e. The zero-order valence-electron chi connectivity index (χ0n) is 22.3. The average Bonchev–Trinajstić information content (AvgIpc) is 3.27. The summed E-state index contributed by atoms with van der Waals surface area (Å²) in [6, 6.07) is 23.2. The maximum absolute atomic E-state index is 14.0. The zero-order valence-corrected chi connectivity index (χ0v) is 22.3. The number of esters is 1. The number of carbonyl (C=O) groups excluding carboxylic acids is 3. The molecule has 0 saturated carbocycles. The average molecular weight is 525 g/mol. The Bertz CT molecular complexity index is 1380. The number of hydrogen-bond acceptors (Lipinski definition) is 5. The van der Waals surface area contributed by atoms with Crippen molar-refractivity contribution in [3.8, 4) is 11.1 Å². The molecule has 3 aromatic rings. The van der Waals surface area contributed by atoms with Gasteiger partial charge < -0.3 is 14.4 Å². The monoisotopic (exact) mass is 524 g/mol. The van der Waals surface area contributed by atoms with Gasteiger partial charge in [-0.3, -0.25) is 9.69 Å². The third kappa shape index (κ3) is 4.08. The molecule has 39 heavy (non-hydrogen) atoms. The Morgan fingerprint density at radius 1 is 0.923 bits per heavy atom. The van der Waals surface area contributed by atoms with Crippen LogP contribution in [0.1, 0.15) is 49.4 Å². The van der Waals surface area contributed by atoms with Crippen molar-refractivity contribution < 1.29 is 23.9 Å². The fourth-order valence-electron chi connectivity index (χ4n) is 6.52. The minimum Gasteiger partial charge on any atom is -0.462 e. The first-order valence-electron chi connectivity index (χ1n) is 13.6. The number of morpholine rings is 1. The van der Waals surface area contributed by atoms with Gasteiger partial charge in [0.05, 0.1) is 12.1 Å². The molecule has 7 heteroatoms. The molecule has 2 saturated heterocycles. The van der Waals surface area contributed by atoms with E-state index >= 15 is 0 Å². The lowest BCUT2D eigenvalue weighted by Crippen LogP contribution is -2.72. The summed E-state index contributed by atoms with van der Waals surface area (Å²) in [5, 5.41) is 0. The lowest BCUT2D eigenvalue weighted by Gasteiger charge is -2.53. The van der Waals surface area contributed by atoms with E-state index in [1.807, 2.05) is 68.4 Å². The van der Waals surface area contributed by atoms with Crippen LogP contribution in [-0.2, 0) is 19.1 Å². The normalized spacial score (nSPS) is 24.2. The van der Waals surface area contributed by atoms with Gasteiger partial charge in [0.2, 0.25) is 5.91 Å². The summed E-state index contributed by atoms with van der Waals surface area (Å²) < 4.78 is 11.5. The molecule has 2 fully saturated rings. The maximum Gasteiger partial charge on any atom is 0.410 e. The first-order valence-corrected chi connectivity index (χ1v) is 13.6. The number of amides is 2. The molecule has 0 aromatic heterocycles. The number of piperazine rings is 1. The molecule has 1 unspecified atom stereocenters. The van der Waals surface area contributed by atoms with Crippen molar-refractivity contribution in [2.45, 2.75) is 50.9 Å². The van der Waals surface area contributed by atoms with Gasteiger partial charge in [0, 0.05) is 5.92 Å². The predicted molar refractivity (Wildman–Crippen MR) is 146 cm³/mol. The Hall–Kier alpha value is -4.13. The summed E-state index contributed by atoms with van der Waals surface area (Å²) in [6.07, 6.45) is -0.592. The number of ether oxygens (including phenoxy) is 2. The molecule has 1 aliphatic carbocycles. The Balaban J connectivity index is 1.29. The van der Waals surface area contributed by atoms with Crippen molar-refractivity contribution in [1.29, 1.82) is 0 Å². The number of nitrogens with zero attached hydrogens (tertiary/aromatic N) is 2. The van der Waals surface area contributed by atoms with Gasteiger partial charge in [0.1, 0.15) is 19.3 Å². The Labute approximate surface area is 228 Å². The van der Waals surface area contributed by atoms with Crippen molar-refractivity contribution in [2.24, 2.45) is 5.92 Å². The smallest absolute Gasteiger partial charge is 0.410 e. The number of cyclic esters (lactones) is 1. The topological polar surface area (TPSA) is 76.2 Å². The third-order valence-electron chi connectivity index (χ3n) is 8.33. The van der Waals surface area contributed by atoms with Gasteiger partial charge in [-0.2, -0.15) is 0 Å². The quantitative estimate of drug-likeness (QED) is 0.441. The second-order valence-corrected chi connectivity index (χ2v) is 10.9. The number of rotatable bonds is 4.